The minimum Gasteiger partial charge on any atom is -0.274 e. The van der Waals surface area contributed by atoms with Crippen LogP contribution in [0.15, 0.2) is 70.7 Å². The second-order valence-electron chi connectivity index (χ2n) is 5.26. The molecule has 0 aliphatic carbocycles. The maximum atomic E-state index is 12.2. The summed E-state index contributed by atoms with van der Waals surface area (Å²) in [6.07, 6.45) is 0. The molecular weight excluding hydrogens is 356 g/mol. The van der Waals surface area contributed by atoms with Gasteiger partial charge in [-0.3, -0.25) is 4.57 Å². The Balaban J connectivity index is 1.62. The van der Waals surface area contributed by atoms with Crippen molar-refractivity contribution in [3.63, 3.8) is 0 Å². The summed E-state index contributed by atoms with van der Waals surface area (Å²) in [6, 6.07) is 18.2. The van der Waals surface area contributed by atoms with Crippen LogP contribution in [0.25, 0.3) is 5.69 Å². The second-order valence-corrected chi connectivity index (χ2v) is 8.09. The highest BCUT2D eigenvalue weighted by molar-refractivity contribution is 7.99. The lowest BCUT2D eigenvalue weighted by atomic mass is 10.3. The average molecular weight is 374 g/mol. The summed E-state index contributed by atoms with van der Waals surface area (Å²) in [4.78, 5) is 0.267. The van der Waals surface area contributed by atoms with Crippen LogP contribution in [0.1, 0.15) is 5.82 Å². The maximum Gasteiger partial charge on any atom is 0.240 e. The van der Waals surface area contributed by atoms with E-state index in [1.165, 1.54) is 11.8 Å². The van der Waals surface area contributed by atoms with E-state index in [9.17, 15) is 8.42 Å². The van der Waals surface area contributed by atoms with E-state index >= 15 is 0 Å². The van der Waals surface area contributed by atoms with Crippen LogP contribution in [-0.2, 0) is 10.0 Å². The summed E-state index contributed by atoms with van der Waals surface area (Å²) in [5, 5.41) is 9.04. The number of thioether (sulfide) groups is 1. The normalized spacial score (nSPS) is 11.6. The number of sulfonamides is 1. The Morgan fingerprint density at radius 1 is 1.00 bits per heavy atom. The molecule has 0 aliphatic heterocycles. The fourth-order valence-electron chi connectivity index (χ4n) is 2.31. The summed E-state index contributed by atoms with van der Waals surface area (Å²) in [6.45, 7) is 2.20. The number of aryl methyl sites for hydroxylation is 1. The molecule has 0 atom stereocenters. The van der Waals surface area contributed by atoms with Crippen molar-refractivity contribution in [3.05, 3.63) is 66.5 Å². The van der Waals surface area contributed by atoms with Crippen molar-refractivity contribution in [2.45, 2.75) is 17.0 Å². The smallest absolute Gasteiger partial charge is 0.240 e. The molecule has 1 heterocycles. The number of benzene rings is 2. The number of nitrogens with zero attached hydrogens (tertiary/aromatic N) is 3. The molecule has 0 bridgehead atoms. The Labute approximate surface area is 151 Å². The fraction of sp³-hybridized carbons (Fsp3) is 0.176. The Bertz CT molecular complexity index is 926. The molecule has 0 aliphatic rings. The lowest BCUT2D eigenvalue weighted by molar-refractivity contribution is 0.584. The van der Waals surface area contributed by atoms with Crippen LogP contribution in [0.4, 0.5) is 0 Å². The van der Waals surface area contributed by atoms with Gasteiger partial charge >= 0.3 is 0 Å². The van der Waals surface area contributed by atoms with E-state index in [1.807, 2.05) is 41.8 Å². The molecule has 25 heavy (non-hydrogen) atoms. The second kappa shape index (κ2) is 7.81. The first-order valence-electron chi connectivity index (χ1n) is 7.73. The van der Waals surface area contributed by atoms with Crippen molar-refractivity contribution in [2.24, 2.45) is 0 Å². The predicted molar refractivity (Wildman–Crippen MR) is 98.5 cm³/mol. The topological polar surface area (TPSA) is 76.9 Å². The third-order valence-corrected chi connectivity index (χ3v) is 5.90. The summed E-state index contributed by atoms with van der Waals surface area (Å²) in [7, 11) is -3.48. The summed E-state index contributed by atoms with van der Waals surface area (Å²) in [5.74, 6) is 1.34. The van der Waals surface area contributed by atoms with Gasteiger partial charge in [-0.25, -0.2) is 13.1 Å². The largest absolute Gasteiger partial charge is 0.274 e. The molecule has 1 aromatic heterocycles. The third-order valence-electron chi connectivity index (χ3n) is 3.49. The van der Waals surface area contributed by atoms with Crippen LogP contribution in [-0.4, -0.2) is 35.5 Å². The van der Waals surface area contributed by atoms with Gasteiger partial charge in [-0.15, -0.1) is 10.2 Å². The molecule has 0 fully saturated rings. The third kappa shape index (κ3) is 4.28. The fourth-order valence-corrected chi connectivity index (χ4v) is 4.35. The van der Waals surface area contributed by atoms with Crippen LogP contribution in [0.2, 0.25) is 0 Å². The van der Waals surface area contributed by atoms with Crippen molar-refractivity contribution in [1.82, 2.24) is 19.5 Å². The molecule has 0 saturated carbocycles. The number of aromatic nitrogens is 3. The molecule has 2 aromatic carbocycles. The summed E-state index contributed by atoms with van der Waals surface area (Å²) < 4.78 is 28.9. The zero-order valence-electron chi connectivity index (χ0n) is 13.7. The first-order chi connectivity index (χ1) is 12.1. The molecule has 0 radical (unpaired) electrons. The molecule has 3 aromatic rings. The van der Waals surface area contributed by atoms with E-state index in [0.717, 1.165) is 16.7 Å². The Morgan fingerprint density at radius 3 is 2.32 bits per heavy atom. The number of hydrogen-bond acceptors (Lipinski definition) is 5. The molecule has 8 heteroatoms. The molecule has 130 valence electrons. The maximum absolute atomic E-state index is 12.2. The van der Waals surface area contributed by atoms with Gasteiger partial charge in [0.15, 0.2) is 5.16 Å². The molecule has 0 unspecified atom stereocenters. The first kappa shape index (κ1) is 17.7. The van der Waals surface area contributed by atoms with Gasteiger partial charge in [-0.2, -0.15) is 0 Å². The number of hydrogen-bond donors (Lipinski definition) is 1. The van der Waals surface area contributed by atoms with Gasteiger partial charge in [-0.1, -0.05) is 48.2 Å². The van der Waals surface area contributed by atoms with Crippen LogP contribution in [0, 0.1) is 6.92 Å². The van der Waals surface area contributed by atoms with Gasteiger partial charge in [0, 0.05) is 18.0 Å². The monoisotopic (exact) mass is 374 g/mol. The number of para-hydroxylation sites is 1. The molecular formula is C17H18N4O2S2. The highest BCUT2D eigenvalue weighted by Crippen LogP contribution is 2.21. The summed E-state index contributed by atoms with van der Waals surface area (Å²) >= 11 is 1.46. The van der Waals surface area contributed by atoms with Gasteiger partial charge < -0.3 is 0 Å². The Hall–Kier alpha value is -2.16. The number of rotatable bonds is 7. The minimum absolute atomic E-state index is 0.267. The van der Waals surface area contributed by atoms with Gasteiger partial charge in [-0.05, 0) is 31.2 Å². The van der Waals surface area contributed by atoms with E-state index in [0.29, 0.717) is 12.3 Å². The van der Waals surface area contributed by atoms with E-state index in [1.54, 1.807) is 30.3 Å². The average Bonchev–Trinajstić information content (AvgIpc) is 3.01. The van der Waals surface area contributed by atoms with Crippen molar-refractivity contribution in [3.8, 4) is 5.69 Å². The van der Waals surface area contributed by atoms with Gasteiger partial charge in [0.25, 0.3) is 0 Å². The highest BCUT2D eigenvalue weighted by Gasteiger charge is 2.14. The van der Waals surface area contributed by atoms with E-state index in [-0.39, 0.29) is 4.90 Å². The van der Waals surface area contributed by atoms with E-state index in [4.69, 9.17) is 0 Å². The molecule has 0 spiro atoms. The Kier molecular flexibility index (Phi) is 5.52. The van der Waals surface area contributed by atoms with Crippen LogP contribution >= 0.6 is 11.8 Å². The lowest BCUT2D eigenvalue weighted by Crippen LogP contribution is -2.26. The predicted octanol–water partition coefficient (Wildman–Crippen LogP) is 2.65. The zero-order valence-corrected chi connectivity index (χ0v) is 15.3. The molecule has 1 N–H and O–H groups in total. The SMILES string of the molecule is Cc1nnc(SCCNS(=O)(=O)c2ccccc2)n1-c1ccccc1. The van der Waals surface area contributed by atoms with Crippen LogP contribution < -0.4 is 4.72 Å². The zero-order chi connectivity index (χ0) is 17.7. The van der Waals surface area contributed by atoms with Crippen molar-refractivity contribution < 1.29 is 8.42 Å². The molecule has 3 rings (SSSR count). The molecule has 0 saturated heterocycles. The standard InChI is InChI=1S/C17H18N4O2S2/c1-14-19-20-17(21(14)15-8-4-2-5-9-15)24-13-12-18-25(22,23)16-10-6-3-7-11-16/h2-11,18H,12-13H2,1H3. The van der Waals surface area contributed by atoms with E-state index < -0.39 is 10.0 Å². The van der Waals surface area contributed by atoms with Crippen LogP contribution in [0.3, 0.4) is 0 Å². The lowest BCUT2D eigenvalue weighted by Gasteiger charge is -2.09. The summed E-state index contributed by atoms with van der Waals surface area (Å²) in [5.41, 5.74) is 0.984. The highest BCUT2D eigenvalue weighted by atomic mass is 32.2. The van der Waals surface area contributed by atoms with Crippen LogP contribution in [0.5, 0.6) is 0 Å². The van der Waals surface area contributed by atoms with Crippen molar-refractivity contribution in [2.75, 3.05) is 12.3 Å². The Morgan fingerprint density at radius 2 is 1.64 bits per heavy atom. The van der Waals surface area contributed by atoms with Gasteiger partial charge in [0.2, 0.25) is 10.0 Å². The van der Waals surface area contributed by atoms with E-state index in [2.05, 4.69) is 14.9 Å². The number of nitrogens with one attached hydrogen (secondary N) is 1. The van der Waals surface area contributed by atoms with Crippen molar-refractivity contribution in [1.29, 1.82) is 0 Å². The van der Waals surface area contributed by atoms with Gasteiger partial charge in [0.1, 0.15) is 5.82 Å². The van der Waals surface area contributed by atoms with Crippen molar-refractivity contribution >= 4 is 21.8 Å². The first-order valence-corrected chi connectivity index (χ1v) is 10.2. The van der Waals surface area contributed by atoms with Gasteiger partial charge in [0.05, 0.1) is 4.90 Å². The molecule has 6 nitrogen and oxygen atoms in total. The quantitative estimate of drug-likeness (QED) is 0.508. The molecule has 0 amide bonds. The minimum atomic E-state index is -3.48.